The second-order valence-electron chi connectivity index (χ2n) is 8.86. The molecule has 0 saturated carbocycles. The van der Waals surface area contributed by atoms with Gasteiger partial charge in [0.15, 0.2) is 0 Å². The van der Waals surface area contributed by atoms with E-state index in [0.29, 0.717) is 27.7 Å². The van der Waals surface area contributed by atoms with E-state index in [9.17, 15) is 18.0 Å². The molecule has 1 heterocycles. The number of sulfonamides is 1. The SMILES string of the molecule is O=C(CN(Cc1ccc(Cl)cc1)S(=O)(=O)c1ccc(Cl)cc1)Nc1ccc(CC(=O)N2CCCC2)cc1. The number of anilines is 1. The summed E-state index contributed by atoms with van der Waals surface area (Å²) in [5, 5.41) is 3.69. The van der Waals surface area contributed by atoms with Crippen LogP contribution in [0.1, 0.15) is 24.0 Å². The van der Waals surface area contributed by atoms with Crippen LogP contribution in [0.15, 0.2) is 77.7 Å². The van der Waals surface area contributed by atoms with Crippen LogP contribution in [0.2, 0.25) is 10.0 Å². The Bertz CT molecular complexity index is 1340. The molecular formula is C27H27Cl2N3O4S. The Morgan fingerprint density at radius 2 is 1.35 bits per heavy atom. The fourth-order valence-corrected chi connectivity index (χ4v) is 5.73. The van der Waals surface area contributed by atoms with Crippen LogP contribution in [0.25, 0.3) is 0 Å². The molecule has 1 N–H and O–H groups in total. The van der Waals surface area contributed by atoms with Gasteiger partial charge >= 0.3 is 0 Å². The zero-order valence-corrected chi connectivity index (χ0v) is 22.4. The van der Waals surface area contributed by atoms with Gasteiger partial charge in [0.25, 0.3) is 0 Å². The standard InChI is InChI=1S/C27H27Cl2N3O4S/c28-22-7-3-21(4-8-22)18-32(37(35,36)25-13-9-23(29)10-14-25)19-26(33)30-24-11-5-20(6-12-24)17-27(34)31-15-1-2-16-31/h3-14H,1-2,15-19H2,(H,30,33). The molecule has 37 heavy (non-hydrogen) atoms. The molecule has 0 unspecified atom stereocenters. The van der Waals surface area contributed by atoms with Crippen LogP contribution in [0, 0.1) is 0 Å². The first-order chi connectivity index (χ1) is 17.7. The third kappa shape index (κ3) is 7.32. The quantitative estimate of drug-likeness (QED) is 0.400. The number of hydrogen-bond acceptors (Lipinski definition) is 4. The van der Waals surface area contributed by atoms with Crippen LogP contribution in [-0.2, 0) is 32.6 Å². The fourth-order valence-electron chi connectivity index (χ4n) is 4.09. The molecule has 1 aliphatic rings. The minimum atomic E-state index is -4.00. The smallest absolute Gasteiger partial charge is 0.243 e. The van der Waals surface area contributed by atoms with Crippen molar-refractivity contribution >= 4 is 50.7 Å². The molecule has 4 rings (SSSR count). The summed E-state index contributed by atoms with van der Waals surface area (Å²) < 4.78 is 27.9. The van der Waals surface area contributed by atoms with Crippen molar-refractivity contribution in [3.8, 4) is 0 Å². The van der Waals surface area contributed by atoms with Crippen molar-refractivity contribution in [1.82, 2.24) is 9.21 Å². The largest absolute Gasteiger partial charge is 0.342 e. The Morgan fingerprint density at radius 3 is 1.95 bits per heavy atom. The molecule has 3 aromatic rings. The first-order valence-electron chi connectivity index (χ1n) is 11.9. The molecule has 0 radical (unpaired) electrons. The van der Waals surface area contributed by atoms with Gasteiger partial charge < -0.3 is 10.2 Å². The molecule has 1 saturated heterocycles. The van der Waals surface area contributed by atoms with Crippen LogP contribution >= 0.6 is 23.2 Å². The number of nitrogens with one attached hydrogen (secondary N) is 1. The van der Waals surface area contributed by atoms with Gasteiger partial charge in [-0.2, -0.15) is 4.31 Å². The maximum Gasteiger partial charge on any atom is 0.243 e. The molecule has 3 aromatic carbocycles. The normalized spacial score (nSPS) is 13.6. The maximum absolute atomic E-state index is 13.4. The van der Waals surface area contributed by atoms with Crippen molar-refractivity contribution < 1.29 is 18.0 Å². The summed E-state index contributed by atoms with van der Waals surface area (Å²) >= 11 is 11.9. The maximum atomic E-state index is 13.4. The van der Waals surface area contributed by atoms with Crippen LogP contribution in [0.4, 0.5) is 5.69 Å². The monoisotopic (exact) mass is 559 g/mol. The van der Waals surface area contributed by atoms with E-state index >= 15 is 0 Å². The summed E-state index contributed by atoms with van der Waals surface area (Å²) in [6.45, 7) is 1.19. The van der Waals surface area contributed by atoms with Crippen LogP contribution in [-0.4, -0.2) is 49.1 Å². The number of nitrogens with zero attached hydrogens (tertiary/aromatic N) is 2. The molecule has 0 atom stereocenters. The average Bonchev–Trinajstić information content (AvgIpc) is 3.42. The van der Waals surface area contributed by atoms with Gasteiger partial charge in [-0.3, -0.25) is 9.59 Å². The van der Waals surface area contributed by atoms with E-state index < -0.39 is 22.5 Å². The zero-order valence-electron chi connectivity index (χ0n) is 20.1. The highest BCUT2D eigenvalue weighted by Gasteiger charge is 2.27. The van der Waals surface area contributed by atoms with Crippen molar-refractivity contribution in [2.75, 3.05) is 25.0 Å². The first kappa shape index (κ1) is 27.1. The topological polar surface area (TPSA) is 86.8 Å². The average molecular weight is 561 g/mol. The van der Waals surface area contributed by atoms with E-state index in [0.717, 1.165) is 35.8 Å². The number of halogens is 2. The van der Waals surface area contributed by atoms with Gasteiger partial charge in [0.05, 0.1) is 17.9 Å². The van der Waals surface area contributed by atoms with Crippen molar-refractivity contribution in [2.45, 2.75) is 30.7 Å². The number of carbonyl (C=O) groups is 2. The Kier molecular flexibility index (Phi) is 8.87. The summed E-state index contributed by atoms with van der Waals surface area (Å²) in [6, 6.07) is 19.6. The molecule has 0 aliphatic carbocycles. The lowest BCUT2D eigenvalue weighted by Gasteiger charge is -2.22. The Balaban J connectivity index is 1.45. The fraction of sp³-hybridized carbons (Fsp3) is 0.259. The van der Waals surface area contributed by atoms with Crippen LogP contribution in [0.3, 0.4) is 0 Å². The lowest BCUT2D eigenvalue weighted by molar-refractivity contribution is -0.129. The summed E-state index contributed by atoms with van der Waals surface area (Å²) in [5.74, 6) is -0.396. The minimum Gasteiger partial charge on any atom is -0.342 e. The molecular weight excluding hydrogens is 533 g/mol. The number of amides is 2. The number of rotatable bonds is 9. The van der Waals surface area contributed by atoms with Crippen LogP contribution in [0.5, 0.6) is 0 Å². The summed E-state index contributed by atoms with van der Waals surface area (Å²) in [4.78, 5) is 27.2. The highest BCUT2D eigenvalue weighted by molar-refractivity contribution is 7.89. The number of hydrogen-bond donors (Lipinski definition) is 1. The van der Waals surface area contributed by atoms with Gasteiger partial charge in [-0.25, -0.2) is 8.42 Å². The van der Waals surface area contributed by atoms with Gasteiger partial charge in [0, 0.05) is 35.4 Å². The Hall–Kier alpha value is -2.91. The molecule has 0 aromatic heterocycles. The van der Waals surface area contributed by atoms with Crippen molar-refractivity contribution in [3.63, 3.8) is 0 Å². The summed E-state index contributed by atoms with van der Waals surface area (Å²) in [6.07, 6.45) is 2.39. The molecule has 194 valence electrons. The Labute approximate surface area is 227 Å². The van der Waals surface area contributed by atoms with Gasteiger partial charge in [-0.1, -0.05) is 47.5 Å². The van der Waals surface area contributed by atoms with E-state index in [4.69, 9.17) is 23.2 Å². The third-order valence-corrected chi connectivity index (χ3v) is 8.41. The number of carbonyl (C=O) groups excluding carboxylic acids is 2. The highest BCUT2D eigenvalue weighted by Crippen LogP contribution is 2.22. The van der Waals surface area contributed by atoms with E-state index in [2.05, 4.69) is 5.32 Å². The van der Waals surface area contributed by atoms with Gasteiger partial charge in [0.1, 0.15) is 0 Å². The van der Waals surface area contributed by atoms with Crippen molar-refractivity contribution in [3.05, 3.63) is 94.0 Å². The lowest BCUT2D eigenvalue weighted by Crippen LogP contribution is -2.37. The van der Waals surface area contributed by atoms with Gasteiger partial charge in [-0.05, 0) is 72.5 Å². The first-order valence-corrected chi connectivity index (χ1v) is 14.1. The minimum absolute atomic E-state index is 0.0207. The predicted octanol–water partition coefficient (Wildman–Crippen LogP) is 4.99. The van der Waals surface area contributed by atoms with Gasteiger partial charge in [0.2, 0.25) is 21.8 Å². The van der Waals surface area contributed by atoms with Gasteiger partial charge in [-0.15, -0.1) is 0 Å². The van der Waals surface area contributed by atoms with Crippen molar-refractivity contribution in [2.24, 2.45) is 0 Å². The third-order valence-electron chi connectivity index (χ3n) is 6.10. The van der Waals surface area contributed by atoms with Crippen molar-refractivity contribution in [1.29, 1.82) is 0 Å². The zero-order chi connectivity index (χ0) is 26.4. The predicted molar refractivity (Wildman–Crippen MR) is 145 cm³/mol. The summed E-state index contributed by atoms with van der Waals surface area (Å²) in [7, 11) is -4.00. The van der Waals surface area contributed by atoms with E-state index in [1.807, 2.05) is 4.90 Å². The second kappa shape index (κ2) is 12.1. The lowest BCUT2D eigenvalue weighted by atomic mass is 10.1. The van der Waals surface area contributed by atoms with E-state index in [1.165, 1.54) is 24.3 Å². The second-order valence-corrected chi connectivity index (χ2v) is 11.7. The molecule has 0 bridgehead atoms. The molecule has 2 amide bonds. The number of benzene rings is 3. The molecule has 10 heteroatoms. The molecule has 7 nitrogen and oxygen atoms in total. The van der Waals surface area contributed by atoms with Crippen LogP contribution < -0.4 is 5.32 Å². The molecule has 0 spiro atoms. The van der Waals surface area contributed by atoms with E-state index in [1.54, 1.807) is 48.5 Å². The molecule has 1 fully saturated rings. The highest BCUT2D eigenvalue weighted by atomic mass is 35.5. The Morgan fingerprint density at radius 1 is 0.811 bits per heavy atom. The van der Waals surface area contributed by atoms with E-state index in [-0.39, 0.29) is 17.3 Å². The number of likely N-dealkylation sites (tertiary alicyclic amines) is 1. The summed E-state index contributed by atoms with van der Waals surface area (Å²) in [5.41, 5.74) is 2.05. The molecule has 1 aliphatic heterocycles.